The van der Waals surface area contributed by atoms with Crippen molar-refractivity contribution in [2.45, 2.75) is 36.2 Å². The van der Waals surface area contributed by atoms with Crippen molar-refractivity contribution in [1.29, 1.82) is 0 Å². The van der Waals surface area contributed by atoms with Crippen LogP contribution in [0.25, 0.3) is 0 Å². The van der Waals surface area contributed by atoms with Crippen LogP contribution < -0.4 is 10.5 Å². The summed E-state index contributed by atoms with van der Waals surface area (Å²) in [6, 6.07) is 4.35. The molecule has 7 nitrogen and oxygen atoms in total. The molecule has 0 heterocycles. The lowest BCUT2D eigenvalue weighted by atomic mass is 10.2. The summed E-state index contributed by atoms with van der Waals surface area (Å²) in [5.74, 6) is 0. The van der Waals surface area contributed by atoms with E-state index in [-0.39, 0.29) is 22.7 Å². The third-order valence-electron chi connectivity index (χ3n) is 3.23. The first-order valence-corrected chi connectivity index (χ1v) is 7.41. The molecule has 1 aromatic rings. The Morgan fingerprint density at radius 2 is 1.89 bits per heavy atom. The van der Waals surface area contributed by atoms with Gasteiger partial charge < -0.3 is 5.73 Å². The van der Waals surface area contributed by atoms with Gasteiger partial charge in [-0.15, -0.1) is 0 Å². The highest BCUT2D eigenvalue weighted by Crippen LogP contribution is 2.21. The molecule has 0 aliphatic heterocycles. The van der Waals surface area contributed by atoms with E-state index in [1.54, 1.807) is 0 Å². The normalized spacial score (nSPS) is 23.4. The first-order valence-electron chi connectivity index (χ1n) is 5.92. The number of non-ortho nitro benzene ring substituents is 1. The Balaban J connectivity index is 2.17. The topological polar surface area (TPSA) is 115 Å². The molecule has 0 radical (unpaired) electrons. The van der Waals surface area contributed by atoms with Gasteiger partial charge in [-0.25, -0.2) is 13.1 Å². The minimum atomic E-state index is -3.67. The average Bonchev–Trinajstić information content (AvgIpc) is 2.74. The fraction of sp³-hybridized carbons (Fsp3) is 0.455. The predicted molar refractivity (Wildman–Crippen MR) is 69.0 cm³/mol. The summed E-state index contributed by atoms with van der Waals surface area (Å²) < 4.78 is 26.7. The van der Waals surface area contributed by atoms with E-state index in [9.17, 15) is 18.5 Å². The molecule has 1 fully saturated rings. The summed E-state index contributed by atoms with van der Waals surface area (Å²) in [7, 11) is -3.67. The van der Waals surface area contributed by atoms with E-state index in [4.69, 9.17) is 5.73 Å². The molecule has 0 spiro atoms. The smallest absolute Gasteiger partial charge is 0.269 e. The Morgan fingerprint density at radius 1 is 1.26 bits per heavy atom. The standard InChI is InChI=1S/C11H15N3O4S/c12-10-2-1-3-11(10)13-19(17,18)9-6-4-8(5-7-9)14(15)16/h4-7,10-11,13H,1-3,12H2/t10-,11-/m1/s1. The zero-order valence-electron chi connectivity index (χ0n) is 10.2. The van der Waals surface area contributed by atoms with Crippen molar-refractivity contribution >= 4 is 15.7 Å². The Morgan fingerprint density at radius 3 is 2.37 bits per heavy atom. The summed E-state index contributed by atoms with van der Waals surface area (Å²) in [5.41, 5.74) is 5.67. The highest BCUT2D eigenvalue weighted by molar-refractivity contribution is 7.89. The van der Waals surface area contributed by atoms with Crippen molar-refractivity contribution < 1.29 is 13.3 Å². The van der Waals surface area contributed by atoms with Gasteiger partial charge in [-0.1, -0.05) is 6.42 Å². The SMILES string of the molecule is N[C@@H]1CCC[C@H]1NS(=O)(=O)c1ccc([N+](=O)[O-])cc1. The quantitative estimate of drug-likeness (QED) is 0.625. The summed E-state index contributed by atoms with van der Waals surface area (Å²) in [4.78, 5) is 9.95. The van der Waals surface area contributed by atoms with Crippen LogP contribution in [0.2, 0.25) is 0 Å². The van der Waals surface area contributed by atoms with E-state index in [1.165, 1.54) is 24.3 Å². The van der Waals surface area contributed by atoms with Gasteiger partial charge in [0.2, 0.25) is 10.0 Å². The lowest BCUT2D eigenvalue weighted by Gasteiger charge is -2.17. The Kier molecular flexibility index (Phi) is 3.83. The van der Waals surface area contributed by atoms with Gasteiger partial charge in [-0.05, 0) is 25.0 Å². The maximum Gasteiger partial charge on any atom is 0.269 e. The fourth-order valence-corrected chi connectivity index (χ4v) is 3.47. The van der Waals surface area contributed by atoms with Crippen LogP contribution in [0.15, 0.2) is 29.2 Å². The highest BCUT2D eigenvalue weighted by atomic mass is 32.2. The number of benzene rings is 1. The monoisotopic (exact) mass is 285 g/mol. The minimum absolute atomic E-state index is 0.0113. The number of hydrogen-bond donors (Lipinski definition) is 2. The molecule has 1 aliphatic carbocycles. The van der Waals surface area contributed by atoms with Gasteiger partial charge in [0.05, 0.1) is 9.82 Å². The first-order chi connectivity index (χ1) is 8.90. The number of hydrogen-bond acceptors (Lipinski definition) is 5. The van der Waals surface area contributed by atoms with Crippen LogP contribution in [0.4, 0.5) is 5.69 Å². The van der Waals surface area contributed by atoms with Gasteiger partial charge in [0.1, 0.15) is 0 Å². The summed E-state index contributed by atoms with van der Waals surface area (Å²) in [5, 5.41) is 10.5. The number of nitro groups is 1. The molecule has 1 aromatic carbocycles. The number of nitrogens with zero attached hydrogens (tertiary/aromatic N) is 1. The molecule has 1 saturated carbocycles. The maximum atomic E-state index is 12.1. The van der Waals surface area contributed by atoms with Crippen LogP contribution >= 0.6 is 0 Å². The van der Waals surface area contributed by atoms with Gasteiger partial charge in [-0.3, -0.25) is 10.1 Å². The molecule has 0 bridgehead atoms. The maximum absolute atomic E-state index is 12.1. The van der Waals surface area contributed by atoms with Crippen molar-refractivity contribution in [2.75, 3.05) is 0 Å². The van der Waals surface area contributed by atoms with Crippen LogP contribution in [0, 0.1) is 10.1 Å². The van der Waals surface area contributed by atoms with E-state index in [2.05, 4.69) is 4.72 Å². The average molecular weight is 285 g/mol. The number of nitrogens with one attached hydrogen (secondary N) is 1. The van der Waals surface area contributed by atoms with Gasteiger partial charge >= 0.3 is 0 Å². The van der Waals surface area contributed by atoms with Crippen molar-refractivity contribution in [1.82, 2.24) is 4.72 Å². The van der Waals surface area contributed by atoms with E-state index in [0.29, 0.717) is 6.42 Å². The van der Waals surface area contributed by atoms with Crippen molar-refractivity contribution in [2.24, 2.45) is 5.73 Å². The number of rotatable bonds is 4. The fourth-order valence-electron chi connectivity index (χ4n) is 2.15. The second-order valence-corrected chi connectivity index (χ2v) is 6.29. The van der Waals surface area contributed by atoms with Crippen LogP contribution in [-0.2, 0) is 10.0 Å². The lowest BCUT2D eigenvalue weighted by molar-refractivity contribution is -0.384. The van der Waals surface area contributed by atoms with Crippen LogP contribution in [-0.4, -0.2) is 25.4 Å². The van der Waals surface area contributed by atoms with Crippen LogP contribution in [0.5, 0.6) is 0 Å². The molecular weight excluding hydrogens is 270 g/mol. The summed E-state index contributed by atoms with van der Waals surface area (Å²) in [6.07, 6.45) is 2.41. The Labute approximate surface area is 111 Å². The lowest BCUT2D eigenvalue weighted by Crippen LogP contribution is -2.43. The van der Waals surface area contributed by atoms with E-state index >= 15 is 0 Å². The minimum Gasteiger partial charge on any atom is -0.326 e. The summed E-state index contributed by atoms with van der Waals surface area (Å²) in [6.45, 7) is 0. The number of nitrogens with two attached hydrogens (primary N) is 1. The van der Waals surface area contributed by atoms with Crippen molar-refractivity contribution in [3.8, 4) is 0 Å². The number of sulfonamides is 1. The molecule has 8 heteroatoms. The summed E-state index contributed by atoms with van der Waals surface area (Å²) >= 11 is 0. The molecule has 3 N–H and O–H groups in total. The third kappa shape index (κ3) is 3.09. The largest absolute Gasteiger partial charge is 0.326 e. The molecule has 0 unspecified atom stereocenters. The molecule has 2 rings (SSSR count). The first kappa shape index (κ1) is 13.9. The van der Waals surface area contributed by atoms with Gasteiger partial charge in [0.15, 0.2) is 0 Å². The Bertz CT molecular complexity index is 570. The Hall–Kier alpha value is -1.51. The zero-order chi connectivity index (χ0) is 14.0. The van der Waals surface area contributed by atoms with Gasteiger partial charge in [0.25, 0.3) is 5.69 Å². The zero-order valence-corrected chi connectivity index (χ0v) is 11.0. The second-order valence-electron chi connectivity index (χ2n) is 4.57. The second kappa shape index (κ2) is 5.24. The molecule has 2 atom stereocenters. The van der Waals surface area contributed by atoms with Crippen molar-refractivity contribution in [3.05, 3.63) is 34.4 Å². The number of nitro benzene ring substituents is 1. The van der Waals surface area contributed by atoms with E-state index < -0.39 is 14.9 Å². The van der Waals surface area contributed by atoms with Crippen molar-refractivity contribution in [3.63, 3.8) is 0 Å². The molecule has 104 valence electrons. The molecule has 0 saturated heterocycles. The molecule has 0 amide bonds. The molecule has 1 aliphatic rings. The highest BCUT2D eigenvalue weighted by Gasteiger charge is 2.28. The van der Waals surface area contributed by atoms with Gasteiger partial charge in [0, 0.05) is 24.2 Å². The molecule has 19 heavy (non-hydrogen) atoms. The third-order valence-corrected chi connectivity index (χ3v) is 4.74. The van der Waals surface area contributed by atoms with Gasteiger partial charge in [-0.2, -0.15) is 0 Å². The van der Waals surface area contributed by atoms with Crippen LogP contribution in [0.3, 0.4) is 0 Å². The molecule has 0 aromatic heterocycles. The molecular formula is C11H15N3O4S. The van der Waals surface area contributed by atoms with Crippen LogP contribution in [0.1, 0.15) is 19.3 Å². The van der Waals surface area contributed by atoms with E-state index in [1.807, 2.05) is 0 Å². The predicted octanol–water partition coefficient (Wildman–Crippen LogP) is 0.753. The van der Waals surface area contributed by atoms with E-state index in [0.717, 1.165) is 12.8 Å².